The highest BCUT2D eigenvalue weighted by Gasteiger charge is 2.17. The summed E-state index contributed by atoms with van der Waals surface area (Å²) in [6, 6.07) is 6.87. The van der Waals surface area contributed by atoms with E-state index in [0.717, 1.165) is 12.2 Å². The third-order valence-corrected chi connectivity index (χ3v) is 5.09. The van der Waals surface area contributed by atoms with E-state index in [2.05, 4.69) is 30.8 Å². The third-order valence-electron chi connectivity index (χ3n) is 3.66. The van der Waals surface area contributed by atoms with Crippen LogP contribution in [0.3, 0.4) is 0 Å². The zero-order valence-electron chi connectivity index (χ0n) is 13.6. The van der Waals surface area contributed by atoms with Crippen molar-refractivity contribution in [1.29, 1.82) is 0 Å². The van der Waals surface area contributed by atoms with Crippen LogP contribution in [0, 0.1) is 5.41 Å². The Morgan fingerprint density at radius 3 is 2.24 bits per heavy atom. The number of nitrogens with one attached hydrogen (secondary N) is 2. The summed E-state index contributed by atoms with van der Waals surface area (Å²) in [7, 11) is -1.93. The van der Waals surface area contributed by atoms with Gasteiger partial charge in [-0.15, -0.1) is 0 Å². The Morgan fingerprint density at radius 1 is 1.10 bits per heavy atom. The standard InChI is InChI=1S/C16H28N2O2S/c1-5-6-7-12-16(2,3)13-18-14-8-10-15(11-9-14)21(19,20)17-4/h8-11,17-18H,5-7,12-13H2,1-4H3. The molecule has 0 aliphatic rings. The number of rotatable bonds is 9. The van der Waals surface area contributed by atoms with Crippen molar-refractivity contribution in [3.8, 4) is 0 Å². The number of hydrogen-bond acceptors (Lipinski definition) is 3. The van der Waals surface area contributed by atoms with Gasteiger partial charge in [0.2, 0.25) is 10.0 Å². The lowest BCUT2D eigenvalue weighted by Crippen LogP contribution is -2.23. The fourth-order valence-corrected chi connectivity index (χ4v) is 2.88. The number of benzene rings is 1. The van der Waals surface area contributed by atoms with Crippen LogP contribution in [-0.2, 0) is 10.0 Å². The van der Waals surface area contributed by atoms with Crippen molar-refractivity contribution >= 4 is 15.7 Å². The lowest BCUT2D eigenvalue weighted by Gasteiger charge is -2.25. The molecule has 0 saturated heterocycles. The Labute approximate surface area is 129 Å². The fourth-order valence-electron chi connectivity index (χ4n) is 2.15. The number of sulfonamides is 1. The van der Waals surface area contributed by atoms with E-state index in [-0.39, 0.29) is 10.3 Å². The Kier molecular flexibility index (Phi) is 6.68. The second-order valence-electron chi connectivity index (χ2n) is 6.21. The van der Waals surface area contributed by atoms with Crippen LogP contribution in [0.5, 0.6) is 0 Å². The normalized spacial score (nSPS) is 12.4. The van der Waals surface area contributed by atoms with E-state index < -0.39 is 10.0 Å². The zero-order valence-corrected chi connectivity index (χ0v) is 14.4. The van der Waals surface area contributed by atoms with Gasteiger partial charge >= 0.3 is 0 Å². The molecule has 0 spiro atoms. The first-order valence-electron chi connectivity index (χ1n) is 7.58. The molecule has 1 aromatic rings. The van der Waals surface area contributed by atoms with Crippen molar-refractivity contribution in [2.45, 2.75) is 51.3 Å². The summed E-state index contributed by atoms with van der Waals surface area (Å²) in [6.45, 7) is 7.62. The van der Waals surface area contributed by atoms with E-state index in [1.54, 1.807) is 12.1 Å². The van der Waals surface area contributed by atoms with E-state index in [0.29, 0.717) is 0 Å². The third kappa shape index (κ3) is 6.06. The molecule has 0 bridgehead atoms. The van der Waals surface area contributed by atoms with Gasteiger partial charge in [0.1, 0.15) is 0 Å². The van der Waals surface area contributed by atoms with E-state index in [1.807, 2.05) is 12.1 Å². The van der Waals surface area contributed by atoms with Crippen LogP contribution < -0.4 is 10.0 Å². The largest absolute Gasteiger partial charge is 0.385 e. The lowest BCUT2D eigenvalue weighted by molar-refractivity contribution is 0.342. The molecule has 21 heavy (non-hydrogen) atoms. The maximum atomic E-state index is 11.6. The van der Waals surface area contributed by atoms with Crippen molar-refractivity contribution in [3.63, 3.8) is 0 Å². The molecule has 0 fully saturated rings. The number of unbranched alkanes of at least 4 members (excludes halogenated alkanes) is 2. The molecule has 5 heteroatoms. The fraction of sp³-hybridized carbons (Fsp3) is 0.625. The SMILES string of the molecule is CCCCCC(C)(C)CNc1ccc(S(=O)(=O)NC)cc1. The van der Waals surface area contributed by atoms with Crippen LogP contribution in [0.1, 0.15) is 46.5 Å². The number of anilines is 1. The van der Waals surface area contributed by atoms with E-state index >= 15 is 0 Å². The first-order valence-corrected chi connectivity index (χ1v) is 9.06. The minimum atomic E-state index is -3.35. The highest BCUT2D eigenvalue weighted by molar-refractivity contribution is 7.89. The molecule has 0 saturated carbocycles. The van der Waals surface area contributed by atoms with Crippen LogP contribution in [0.15, 0.2) is 29.2 Å². The molecule has 0 amide bonds. The summed E-state index contributed by atoms with van der Waals surface area (Å²) in [6.07, 6.45) is 4.97. The quantitative estimate of drug-likeness (QED) is 0.685. The van der Waals surface area contributed by atoms with Crippen LogP contribution in [0.25, 0.3) is 0 Å². The molecule has 0 aliphatic heterocycles. The van der Waals surface area contributed by atoms with Crippen LogP contribution in [0.2, 0.25) is 0 Å². The monoisotopic (exact) mass is 312 g/mol. The minimum absolute atomic E-state index is 0.241. The van der Waals surface area contributed by atoms with Crippen molar-refractivity contribution in [3.05, 3.63) is 24.3 Å². The molecule has 1 rings (SSSR count). The second-order valence-corrected chi connectivity index (χ2v) is 8.09. The Bertz CT molecular complexity index is 522. The highest BCUT2D eigenvalue weighted by atomic mass is 32.2. The smallest absolute Gasteiger partial charge is 0.240 e. The van der Waals surface area contributed by atoms with Gasteiger partial charge in [-0.2, -0.15) is 0 Å². The minimum Gasteiger partial charge on any atom is -0.385 e. The molecule has 4 nitrogen and oxygen atoms in total. The molecular weight excluding hydrogens is 284 g/mol. The maximum absolute atomic E-state index is 11.6. The Hall–Kier alpha value is -1.07. The first kappa shape index (κ1) is 18.0. The summed E-state index contributed by atoms with van der Waals surface area (Å²) in [4.78, 5) is 0.290. The summed E-state index contributed by atoms with van der Waals surface area (Å²) >= 11 is 0. The van der Waals surface area contributed by atoms with Gasteiger partial charge in [-0.3, -0.25) is 0 Å². The Morgan fingerprint density at radius 2 is 1.71 bits per heavy atom. The predicted octanol–water partition coefficient (Wildman–Crippen LogP) is 3.61. The van der Waals surface area contributed by atoms with Gasteiger partial charge in [0.05, 0.1) is 4.90 Å². The van der Waals surface area contributed by atoms with Crippen LogP contribution in [-0.4, -0.2) is 22.0 Å². The van der Waals surface area contributed by atoms with Gasteiger partial charge in [0.25, 0.3) is 0 Å². The molecule has 0 heterocycles. The highest BCUT2D eigenvalue weighted by Crippen LogP contribution is 2.24. The van der Waals surface area contributed by atoms with Gasteiger partial charge in [0.15, 0.2) is 0 Å². The molecule has 0 atom stereocenters. The average molecular weight is 312 g/mol. The van der Waals surface area contributed by atoms with E-state index in [1.165, 1.54) is 32.7 Å². The summed E-state index contributed by atoms with van der Waals surface area (Å²) in [5.74, 6) is 0. The molecule has 1 aromatic carbocycles. The van der Waals surface area contributed by atoms with Crippen LogP contribution in [0.4, 0.5) is 5.69 Å². The van der Waals surface area contributed by atoms with Crippen molar-refractivity contribution in [2.75, 3.05) is 18.9 Å². The Balaban J connectivity index is 2.56. The lowest BCUT2D eigenvalue weighted by atomic mass is 9.87. The molecule has 0 unspecified atom stereocenters. The first-order chi connectivity index (χ1) is 9.80. The average Bonchev–Trinajstić information content (AvgIpc) is 2.46. The topological polar surface area (TPSA) is 58.2 Å². The second kappa shape index (κ2) is 7.80. The maximum Gasteiger partial charge on any atom is 0.240 e. The summed E-state index contributed by atoms with van der Waals surface area (Å²) < 4.78 is 25.6. The van der Waals surface area contributed by atoms with Gasteiger partial charge < -0.3 is 5.32 Å². The van der Waals surface area contributed by atoms with Crippen molar-refractivity contribution in [2.24, 2.45) is 5.41 Å². The van der Waals surface area contributed by atoms with E-state index in [4.69, 9.17) is 0 Å². The van der Waals surface area contributed by atoms with E-state index in [9.17, 15) is 8.42 Å². The van der Waals surface area contributed by atoms with Gasteiger partial charge in [0, 0.05) is 12.2 Å². The molecule has 0 radical (unpaired) electrons. The summed E-state index contributed by atoms with van der Waals surface area (Å²) in [5, 5.41) is 3.39. The van der Waals surface area contributed by atoms with Gasteiger partial charge in [-0.25, -0.2) is 13.1 Å². The van der Waals surface area contributed by atoms with Gasteiger partial charge in [-0.05, 0) is 43.1 Å². The predicted molar refractivity (Wildman–Crippen MR) is 89.1 cm³/mol. The molecule has 120 valence electrons. The van der Waals surface area contributed by atoms with Gasteiger partial charge in [-0.1, -0.05) is 40.0 Å². The molecular formula is C16H28N2O2S. The molecule has 2 N–H and O–H groups in total. The number of hydrogen-bond donors (Lipinski definition) is 2. The van der Waals surface area contributed by atoms with Crippen molar-refractivity contribution in [1.82, 2.24) is 4.72 Å². The summed E-state index contributed by atoms with van der Waals surface area (Å²) in [5.41, 5.74) is 1.19. The van der Waals surface area contributed by atoms with Crippen LogP contribution >= 0.6 is 0 Å². The molecule has 0 aliphatic carbocycles. The molecule has 0 aromatic heterocycles. The zero-order chi connectivity index (χ0) is 15.9. The van der Waals surface area contributed by atoms with Crippen molar-refractivity contribution < 1.29 is 8.42 Å².